The predicted molar refractivity (Wildman–Crippen MR) is 88.0 cm³/mol. The molecule has 5 heteroatoms. The zero-order valence-corrected chi connectivity index (χ0v) is 13.5. The third-order valence-corrected chi connectivity index (χ3v) is 3.73. The molecule has 1 rings (SSSR count). The van der Waals surface area contributed by atoms with E-state index >= 15 is 0 Å². The Morgan fingerprint density at radius 1 is 1.05 bits per heavy atom. The van der Waals surface area contributed by atoms with Crippen LogP contribution in [-0.2, 0) is 11.2 Å². The Kier molecular flexibility index (Phi) is 9.42. The smallest absolute Gasteiger partial charge is 0.253 e. The summed E-state index contributed by atoms with van der Waals surface area (Å²) in [6.07, 6.45) is 4.98. The second-order valence-electron chi connectivity index (χ2n) is 5.63. The van der Waals surface area contributed by atoms with Gasteiger partial charge in [-0.25, -0.2) is 9.40 Å². The fourth-order valence-corrected chi connectivity index (χ4v) is 2.31. The number of amides is 1. The average Bonchev–Trinajstić information content (AvgIpc) is 2.54. The fraction of sp³-hybridized carbons (Fsp3) is 0.588. The number of halogens is 1. The number of carbonyl (C=O) groups is 1. The number of benzene rings is 1. The first kappa shape index (κ1) is 18.6. The van der Waals surface area contributed by atoms with Crippen molar-refractivity contribution in [3.05, 3.63) is 35.9 Å². The molecule has 124 valence electrons. The summed E-state index contributed by atoms with van der Waals surface area (Å²) in [4.78, 5) is 12.5. The standard InChI is InChI=1S/C17H28FN3O/c1-20(17(22)15-18)12-6-3-7-13-21(19)14-8-11-16-9-4-2-5-10-16/h2,4-5,9-10H,3,6-8,11-15,19H2,1H3. The van der Waals surface area contributed by atoms with E-state index in [1.165, 1.54) is 10.5 Å². The van der Waals surface area contributed by atoms with Crippen LogP contribution in [0, 0.1) is 0 Å². The molecular formula is C17H28FN3O. The number of alkyl halides is 1. The van der Waals surface area contributed by atoms with Crippen LogP contribution < -0.4 is 5.84 Å². The molecule has 0 radical (unpaired) electrons. The lowest BCUT2D eigenvalue weighted by Gasteiger charge is -2.17. The number of aryl methyl sites for hydroxylation is 1. The number of hydrogen-bond acceptors (Lipinski definition) is 3. The predicted octanol–water partition coefficient (Wildman–Crippen LogP) is 2.39. The summed E-state index contributed by atoms with van der Waals surface area (Å²) in [7, 11) is 1.64. The van der Waals surface area contributed by atoms with Gasteiger partial charge in [0.25, 0.3) is 5.91 Å². The van der Waals surface area contributed by atoms with E-state index in [1.807, 2.05) is 11.1 Å². The molecule has 0 saturated carbocycles. The average molecular weight is 309 g/mol. The van der Waals surface area contributed by atoms with Crippen molar-refractivity contribution in [2.45, 2.75) is 32.1 Å². The molecule has 0 bridgehead atoms. The lowest BCUT2D eigenvalue weighted by atomic mass is 10.1. The van der Waals surface area contributed by atoms with Gasteiger partial charge in [-0.1, -0.05) is 36.8 Å². The molecular weight excluding hydrogens is 281 g/mol. The van der Waals surface area contributed by atoms with E-state index in [0.717, 1.165) is 45.2 Å². The van der Waals surface area contributed by atoms with Crippen molar-refractivity contribution in [1.29, 1.82) is 0 Å². The maximum atomic E-state index is 12.1. The van der Waals surface area contributed by atoms with E-state index in [4.69, 9.17) is 5.84 Å². The fourth-order valence-electron chi connectivity index (χ4n) is 2.31. The molecule has 0 spiro atoms. The van der Waals surface area contributed by atoms with Gasteiger partial charge < -0.3 is 4.90 Å². The molecule has 1 amide bonds. The number of carbonyl (C=O) groups excluding carboxylic acids is 1. The first-order valence-corrected chi connectivity index (χ1v) is 7.97. The van der Waals surface area contributed by atoms with Crippen LogP contribution in [0.4, 0.5) is 4.39 Å². The molecule has 0 aliphatic carbocycles. The van der Waals surface area contributed by atoms with Gasteiger partial charge in [-0.2, -0.15) is 0 Å². The first-order chi connectivity index (χ1) is 10.6. The van der Waals surface area contributed by atoms with Crippen LogP contribution in [0.5, 0.6) is 0 Å². The van der Waals surface area contributed by atoms with Crippen molar-refractivity contribution in [3.63, 3.8) is 0 Å². The second-order valence-corrected chi connectivity index (χ2v) is 5.63. The van der Waals surface area contributed by atoms with Crippen LogP contribution in [0.1, 0.15) is 31.2 Å². The van der Waals surface area contributed by atoms with Gasteiger partial charge in [0.05, 0.1) is 0 Å². The van der Waals surface area contributed by atoms with Crippen molar-refractivity contribution < 1.29 is 9.18 Å². The van der Waals surface area contributed by atoms with E-state index in [2.05, 4.69) is 24.3 Å². The highest BCUT2D eigenvalue weighted by Crippen LogP contribution is 2.04. The molecule has 0 fully saturated rings. The van der Waals surface area contributed by atoms with Gasteiger partial charge in [0.2, 0.25) is 0 Å². The van der Waals surface area contributed by atoms with Crippen molar-refractivity contribution in [2.75, 3.05) is 33.4 Å². The molecule has 0 atom stereocenters. The topological polar surface area (TPSA) is 49.6 Å². The normalized spacial score (nSPS) is 10.9. The maximum Gasteiger partial charge on any atom is 0.253 e. The first-order valence-electron chi connectivity index (χ1n) is 7.97. The Hall–Kier alpha value is -1.46. The van der Waals surface area contributed by atoms with Crippen LogP contribution in [0.25, 0.3) is 0 Å². The zero-order chi connectivity index (χ0) is 16.2. The number of unbranched alkanes of at least 4 members (excludes halogenated alkanes) is 2. The summed E-state index contributed by atoms with van der Waals surface area (Å²) in [6.45, 7) is 1.44. The monoisotopic (exact) mass is 309 g/mol. The molecule has 1 aromatic rings. The highest BCUT2D eigenvalue weighted by molar-refractivity contribution is 5.76. The minimum absolute atomic E-state index is 0.443. The number of nitrogens with two attached hydrogens (primary N) is 1. The van der Waals surface area contributed by atoms with Gasteiger partial charge in [0, 0.05) is 26.7 Å². The third kappa shape index (κ3) is 8.10. The van der Waals surface area contributed by atoms with E-state index in [-0.39, 0.29) is 0 Å². The number of nitrogens with zero attached hydrogens (tertiary/aromatic N) is 2. The summed E-state index contributed by atoms with van der Waals surface area (Å²) in [5.41, 5.74) is 1.34. The lowest BCUT2D eigenvalue weighted by molar-refractivity contribution is -0.130. The SMILES string of the molecule is CN(CCCCCN(N)CCCc1ccccc1)C(=O)CF. The van der Waals surface area contributed by atoms with Gasteiger partial charge in [-0.15, -0.1) is 0 Å². The highest BCUT2D eigenvalue weighted by Gasteiger charge is 2.06. The molecule has 0 aliphatic heterocycles. The van der Waals surface area contributed by atoms with Crippen molar-refractivity contribution in [2.24, 2.45) is 5.84 Å². The van der Waals surface area contributed by atoms with Crippen LogP contribution in [0.2, 0.25) is 0 Å². The second kappa shape index (κ2) is 11.2. The minimum Gasteiger partial charge on any atom is -0.343 e. The molecule has 0 aromatic heterocycles. The summed E-state index contributed by atoms with van der Waals surface area (Å²) < 4.78 is 12.1. The van der Waals surface area contributed by atoms with Gasteiger partial charge >= 0.3 is 0 Å². The minimum atomic E-state index is -0.908. The van der Waals surface area contributed by atoms with E-state index in [0.29, 0.717) is 6.54 Å². The van der Waals surface area contributed by atoms with Crippen LogP contribution in [0.15, 0.2) is 30.3 Å². The van der Waals surface area contributed by atoms with E-state index in [1.54, 1.807) is 7.05 Å². The zero-order valence-electron chi connectivity index (χ0n) is 13.5. The van der Waals surface area contributed by atoms with Crippen LogP contribution in [0.3, 0.4) is 0 Å². The molecule has 4 nitrogen and oxygen atoms in total. The maximum absolute atomic E-state index is 12.1. The van der Waals surface area contributed by atoms with Crippen molar-refractivity contribution in [3.8, 4) is 0 Å². The molecule has 0 heterocycles. The van der Waals surface area contributed by atoms with Gasteiger partial charge in [-0.05, 0) is 31.2 Å². The van der Waals surface area contributed by atoms with Crippen molar-refractivity contribution in [1.82, 2.24) is 9.91 Å². The third-order valence-electron chi connectivity index (χ3n) is 3.73. The number of rotatable bonds is 11. The molecule has 2 N–H and O–H groups in total. The Balaban J connectivity index is 1.99. The highest BCUT2D eigenvalue weighted by atomic mass is 19.1. The quantitative estimate of drug-likeness (QED) is 0.388. The largest absolute Gasteiger partial charge is 0.343 e. The number of hydrogen-bond donors (Lipinski definition) is 1. The van der Waals surface area contributed by atoms with Gasteiger partial charge in [0.15, 0.2) is 6.67 Å². The lowest BCUT2D eigenvalue weighted by Crippen LogP contribution is -2.33. The Morgan fingerprint density at radius 3 is 2.36 bits per heavy atom. The van der Waals surface area contributed by atoms with Crippen LogP contribution >= 0.6 is 0 Å². The Bertz CT molecular complexity index is 414. The van der Waals surface area contributed by atoms with Crippen LogP contribution in [-0.4, -0.2) is 49.2 Å². The molecule has 0 saturated heterocycles. The molecule has 0 aliphatic rings. The Morgan fingerprint density at radius 2 is 1.68 bits per heavy atom. The van der Waals surface area contributed by atoms with E-state index < -0.39 is 12.6 Å². The Labute approximate surface area is 133 Å². The van der Waals surface area contributed by atoms with Crippen molar-refractivity contribution >= 4 is 5.91 Å². The molecule has 1 aromatic carbocycles. The summed E-state index contributed by atoms with van der Waals surface area (Å²) in [5.74, 6) is 5.53. The van der Waals surface area contributed by atoms with E-state index in [9.17, 15) is 9.18 Å². The summed E-state index contributed by atoms with van der Waals surface area (Å²) in [6, 6.07) is 10.4. The number of hydrazine groups is 1. The van der Waals surface area contributed by atoms with Gasteiger partial charge in [-0.3, -0.25) is 10.6 Å². The molecule has 22 heavy (non-hydrogen) atoms. The summed E-state index contributed by atoms with van der Waals surface area (Å²) in [5, 5.41) is 1.86. The van der Waals surface area contributed by atoms with Gasteiger partial charge in [0.1, 0.15) is 0 Å². The summed E-state index contributed by atoms with van der Waals surface area (Å²) >= 11 is 0. The molecule has 0 unspecified atom stereocenters.